The molecule has 160 valence electrons. The van der Waals surface area contributed by atoms with Crippen molar-refractivity contribution in [2.24, 2.45) is 10.8 Å². The normalized spacial score (nSPS) is 11.7. The molecule has 0 aliphatic rings. The van der Waals surface area contributed by atoms with Gasteiger partial charge in [0.2, 0.25) is 0 Å². The number of hydrogen-bond acceptors (Lipinski definition) is 14. The molecule has 0 spiro atoms. The third-order valence-electron chi connectivity index (χ3n) is 3.04. The number of hydrogen-bond donors (Lipinski definition) is 12. The molecule has 10 nitrogen and oxygen atoms in total. The minimum atomic E-state index is -1.35. The fourth-order valence-corrected chi connectivity index (χ4v) is 1.15. The first-order valence-electron chi connectivity index (χ1n) is 6.87. The van der Waals surface area contributed by atoms with Gasteiger partial charge in [-0.2, -0.15) is 0 Å². The first-order chi connectivity index (χ1) is 12.0. The summed E-state index contributed by atoms with van der Waals surface area (Å²) < 4.78 is 2.60. The van der Waals surface area contributed by atoms with E-state index < -0.39 is 73.1 Å². The molecular formula is C12H28O10S4. The molecule has 26 heavy (non-hydrogen) atoms. The molecule has 0 saturated carbocycles. The molecule has 0 aliphatic heterocycles. The predicted molar refractivity (Wildman–Crippen MR) is 106 cm³/mol. The van der Waals surface area contributed by atoms with Gasteiger partial charge in [0, 0.05) is 12.9 Å². The Balaban J connectivity index is -0.000000306. The summed E-state index contributed by atoms with van der Waals surface area (Å²) in [6.45, 7) is -3.25. The van der Waals surface area contributed by atoms with E-state index >= 15 is 0 Å². The smallest absolute Gasteiger partial charge is 0.354 e. The monoisotopic (exact) mass is 460 g/mol. The topological polar surface area (TPSA) is 188 Å². The quantitative estimate of drug-likeness (QED) is 0.0944. The molecule has 0 amide bonds. The molecule has 0 aromatic carbocycles. The lowest BCUT2D eigenvalue weighted by atomic mass is 9.93. The fourth-order valence-electron chi connectivity index (χ4n) is 0.661. The highest BCUT2D eigenvalue weighted by Gasteiger charge is 2.27. The van der Waals surface area contributed by atoms with Crippen molar-refractivity contribution in [2.75, 3.05) is 52.9 Å². The van der Waals surface area contributed by atoms with Crippen LogP contribution >= 0.6 is 50.8 Å². The third kappa shape index (κ3) is 12.9. The molecular weight excluding hydrogens is 432 g/mol. The number of carbonyl (C=O) groups excluding carboxylic acids is 1. The molecule has 0 heterocycles. The van der Waals surface area contributed by atoms with Crippen LogP contribution in [0.2, 0.25) is 0 Å². The zero-order chi connectivity index (χ0) is 21.4. The molecule has 0 fully saturated rings. The molecule has 0 aliphatic carbocycles. The highest BCUT2D eigenvalue weighted by molar-refractivity contribution is 8.18. The second-order valence-corrected chi connectivity index (χ2v) is 8.53. The van der Waals surface area contributed by atoms with E-state index in [-0.39, 0.29) is 0 Å². The van der Waals surface area contributed by atoms with Crippen LogP contribution in [-0.2, 0) is 8.98 Å². The van der Waals surface area contributed by atoms with Crippen molar-refractivity contribution in [3.8, 4) is 0 Å². The summed E-state index contributed by atoms with van der Waals surface area (Å²) in [6.07, 6.45) is 0. The van der Waals surface area contributed by atoms with Crippen LogP contribution in [-0.4, -0.2) is 103 Å². The number of rotatable bonds is 9. The second-order valence-electron chi connectivity index (χ2n) is 5.28. The van der Waals surface area contributed by atoms with Crippen molar-refractivity contribution >= 4 is 56.8 Å². The van der Waals surface area contributed by atoms with Crippen molar-refractivity contribution in [3.05, 3.63) is 0 Å². The van der Waals surface area contributed by atoms with E-state index in [9.17, 15) is 4.79 Å². The van der Waals surface area contributed by atoms with Crippen LogP contribution in [0.4, 0.5) is 0 Å². The summed E-state index contributed by atoms with van der Waals surface area (Å²) in [6, 6.07) is 0. The van der Waals surface area contributed by atoms with Crippen LogP contribution in [0.5, 0.6) is 0 Å². The van der Waals surface area contributed by atoms with Gasteiger partial charge >= 0.3 is 5.97 Å². The predicted octanol–water partition coefficient (Wildman–Crippen LogP) is -3.30. The maximum Gasteiger partial charge on any atom is 0.354 e. The van der Waals surface area contributed by atoms with Crippen molar-refractivity contribution in [2.45, 2.75) is 3.41 Å². The maximum absolute atomic E-state index is 10.3. The van der Waals surface area contributed by atoms with E-state index in [0.29, 0.717) is 0 Å². The average Bonchev–Trinajstić information content (AvgIpc) is 2.66. The van der Waals surface area contributed by atoms with E-state index in [0.717, 1.165) is 0 Å². The summed E-state index contributed by atoms with van der Waals surface area (Å²) >= 11 is 14.1. The Morgan fingerprint density at radius 3 is 0.808 bits per heavy atom. The number of thiol groups is 4. The van der Waals surface area contributed by atoms with Gasteiger partial charge in [-0.25, -0.2) is 4.79 Å². The van der Waals surface area contributed by atoms with Crippen molar-refractivity contribution < 1.29 is 49.8 Å². The van der Waals surface area contributed by atoms with Gasteiger partial charge in [0.15, 0.2) is 3.41 Å². The van der Waals surface area contributed by atoms with Crippen LogP contribution in [0.25, 0.3) is 0 Å². The van der Waals surface area contributed by atoms with E-state index in [2.05, 4.69) is 55.0 Å². The lowest BCUT2D eigenvalue weighted by molar-refractivity contribution is -0.131. The molecule has 8 N–H and O–H groups in total. The minimum Gasteiger partial charge on any atom is -0.396 e. The summed E-state index contributed by atoms with van der Waals surface area (Å²) in [4.78, 5) is 10.3. The Kier molecular flexibility index (Phi) is 19.8. The Bertz CT molecular complexity index is 290. The third-order valence-corrected chi connectivity index (χ3v) is 3.75. The van der Waals surface area contributed by atoms with Gasteiger partial charge in [0.05, 0.1) is 63.7 Å². The van der Waals surface area contributed by atoms with Gasteiger partial charge in [0.25, 0.3) is 0 Å². The molecule has 0 bridgehead atoms. The molecule has 0 saturated heterocycles. The molecule has 0 aromatic rings. The zero-order valence-corrected chi connectivity index (χ0v) is 17.4. The second kappa shape index (κ2) is 16.5. The molecule has 0 aromatic heterocycles. The van der Waals surface area contributed by atoms with Gasteiger partial charge in [-0.3, -0.25) is 0 Å². The molecule has 0 radical (unpaired) electrons. The zero-order valence-electron chi connectivity index (χ0n) is 13.8. The van der Waals surface area contributed by atoms with Crippen LogP contribution in [0.15, 0.2) is 0 Å². The standard InChI is InChI=1S/2C5H12O4.C2H4O2S4/c2*6-1-5(2-7,3-8)4-9;3-1(4-8)2(5,6)7/h2*6-9H,1-4H2;5-8H. The average molecular weight is 461 g/mol. The first kappa shape index (κ1) is 31.3. The highest BCUT2D eigenvalue weighted by Crippen LogP contribution is 2.25. The van der Waals surface area contributed by atoms with E-state index in [1.54, 1.807) is 0 Å². The summed E-state index contributed by atoms with van der Waals surface area (Å²) in [5, 5.41) is 68.0. The molecule has 0 unspecified atom stereocenters. The first-order valence-corrected chi connectivity index (χ1v) is 8.58. The lowest BCUT2D eigenvalue weighted by Crippen LogP contribution is -2.37. The van der Waals surface area contributed by atoms with Crippen LogP contribution in [0, 0.1) is 10.8 Å². The van der Waals surface area contributed by atoms with Crippen molar-refractivity contribution in [1.82, 2.24) is 0 Å². The Labute approximate surface area is 173 Å². The molecule has 14 heteroatoms. The summed E-state index contributed by atoms with van der Waals surface area (Å²) in [5.41, 5.74) is -2.22. The van der Waals surface area contributed by atoms with Gasteiger partial charge in [-0.1, -0.05) is 0 Å². The summed E-state index contributed by atoms with van der Waals surface area (Å²) in [5.74, 6) is -0.712. The van der Waals surface area contributed by atoms with Gasteiger partial charge in [-0.05, 0) is 0 Å². The van der Waals surface area contributed by atoms with E-state index in [4.69, 9.17) is 40.9 Å². The Hall–Kier alpha value is 0.550. The highest BCUT2D eigenvalue weighted by atomic mass is 32.2. The Morgan fingerprint density at radius 1 is 0.615 bits per heavy atom. The van der Waals surface area contributed by atoms with Crippen molar-refractivity contribution in [3.63, 3.8) is 0 Å². The largest absolute Gasteiger partial charge is 0.396 e. The number of aliphatic hydroxyl groups is 8. The minimum absolute atomic E-state index is 0.406. The van der Waals surface area contributed by atoms with Crippen molar-refractivity contribution in [1.29, 1.82) is 0 Å². The Morgan fingerprint density at radius 2 is 0.808 bits per heavy atom. The lowest BCUT2D eigenvalue weighted by Gasteiger charge is -2.23. The maximum atomic E-state index is 10.3. The molecule has 0 atom stereocenters. The molecule has 0 rings (SSSR count). The van der Waals surface area contributed by atoms with Crippen LogP contribution in [0.1, 0.15) is 0 Å². The van der Waals surface area contributed by atoms with E-state index in [1.165, 1.54) is 0 Å². The van der Waals surface area contributed by atoms with E-state index in [1.807, 2.05) is 0 Å². The summed E-state index contributed by atoms with van der Waals surface area (Å²) in [7, 11) is 0. The fraction of sp³-hybridized carbons (Fsp3) is 0.917. The van der Waals surface area contributed by atoms with Crippen LogP contribution in [0.3, 0.4) is 0 Å². The van der Waals surface area contributed by atoms with Gasteiger partial charge < -0.3 is 45.0 Å². The van der Waals surface area contributed by atoms with Gasteiger partial charge in [0.1, 0.15) is 0 Å². The SMILES string of the molecule is O=C(OS)C(S)(S)S.OCC(CO)(CO)CO.OCC(CO)(CO)CO. The van der Waals surface area contributed by atoms with Crippen LogP contribution < -0.4 is 0 Å². The van der Waals surface area contributed by atoms with Gasteiger partial charge in [-0.15, -0.1) is 37.9 Å². The number of aliphatic hydroxyl groups excluding tert-OH is 8. The number of carbonyl (C=O) groups is 1.